The third-order valence-electron chi connectivity index (χ3n) is 13.2. The Hall–Kier alpha value is -0.856. The fraction of sp³-hybridized carbons (Fsp3) is 0.857. The van der Waals surface area contributed by atoms with Gasteiger partial charge in [-0.3, -0.25) is 4.79 Å². The van der Waals surface area contributed by atoms with Gasteiger partial charge in [0.05, 0.1) is 11.9 Å². The van der Waals surface area contributed by atoms with Crippen LogP contribution in [0.4, 0.5) is 0 Å². The number of rotatable bonds is 6. The van der Waals surface area contributed by atoms with Crippen molar-refractivity contribution in [3.8, 4) is 0 Å². The zero-order chi connectivity index (χ0) is 31.0. The Morgan fingerprint density at radius 2 is 1.56 bits per heavy atom. The molecule has 0 radical (unpaired) electrons. The summed E-state index contributed by atoms with van der Waals surface area (Å²) in [4.78, 5) is 11.7. The molecule has 0 aromatic rings. The lowest BCUT2D eigenvalue weighted by atomic mass is 9.47. The van der Waals surface area contributed by atoms with Crippen molar-refractivity contribution in [3.63, 3.8) is 0 Å². The fourth-order valence-corrected chi connectivity index (χ4v) is 11.2. The number of carbonyl (C=O) groups excluding carboxylic acids is 1. The number of hydrogen-bond donors (Lipinski definition) is 0. The van der Waals surface area contributed by atoms with E-state index in [9.17, 15) is 4.79 Å². The highest BCUT2D eigenvalue weighted by Gasteiger charge is 2.63. The zero-order valence-electron chi connectivity index (χ0n) is 28.8. The smallest absolute Gasteiger partial charge is 0.302 e. The SMILES string of the molecule is C=C(O[Si](C)(C)C(C)(C)C)[C@H]1[C@H](O[Si](C)(C)C(C)(C)C)C[C@H]2[C@@H]3CC=C4CC(OC(C)=O)CC[C@]4(C)[C@H]3CC[C@@]21C. The predicted octanol–water partition coefficient (Wildman–Crippen LogP) is 10.0. The molecule has 0 aromatic heterocycles. The molecule has 41 heavy (non-hydrogen) atoms. The van der Waals surface area contributed by atoms with Gasteiger partial charge in [0, 0.05) is 19.3 Å². The normalized spacial score (nSPS) is 37.8. The van der Waals surface area contributed by atoms with Gasteiger partial charge in [0.15, 0.2) is 8.32 Å². The van der Waals surface area contributed by atoms with Crippen LogP contribution in [-0.4, -0.2) is 34.8 Å². The highest BCUT2D eigenvalue weighted by Crippen LogP contribution is 2.68. The van der Waals surface area contributed by atoms with E-state index < -0.39 is 16.6 Å². The van der Waals surface area contributed by atoms with Crippen LogP contribution in [0, 0.1) is 34.5 Å². The minimum Gasteiger partial charge on any atom is -0.547 e. The molecule has 0 aromatic carbocycles. The van der Waals surface area contributed by atoms with Crippen LogP contribution in [-0.2, 0) is 18.4 Å². The molecule has 0 aliphatic heterocycles. The molecular formula is C35H62O4Si2. The van der Waals surface area contributed by atoms with Gasteiger partial charge in [-0.05, 0) is 103 Å². The maximum Gasteiger partial charge on any atom is 0.302 e. The van der Waals surface area contributed by atoms with Crippen molar-refractivity contribution in [2.24, 2.45) is 34.5 Å². The topological polar surface area (TPSA) is 44.8 Å². The first-order valence-electron chi connectivity index (χ1n) is 16.5. The summed E-state index contributed by atoms with van der Waals surface area (Å²) in [5, 5.41) is 0.291. The quantitative estimate of drug-likeness (QED) is 0.131. The van der Waals surface area contributed by atoms with E-state index >= 15 is 0 Å². The Balaban J connectivity index is 1.68. The highest BCUT2D eigenvalue weighted by molar-refractivity contribution is 6.74. The van der Waals surface area contributed by atoms with Crippen molar-refractivity contribution in [1.82, 2.24) is 0 Å². The summed E-state index contributed by atoms with van der Waals surface area (Å²) in [5.74, 6) is 3.02. The third-order valence-corrected chi connectivity index (χ3v) is 22.1. The van der Waals surface area contributed by atoms with Gasteiger partial charge in [-0.25, -0.2) is 0 Å². The first-order chi connectivity index (χ1) is 18.5. The van der Waals surface area contributed by atoms with Crippen molar-refractivity contribution in [1.29, 1.82) is 0 Å². The first kappa shape index (κ1) is 33.0. The second-order valence-electron chi connectivity index (χ2n) is 17.7. The molecule has 0 saturated heterocycles. The number of esters is 1. The van der Waals surface area contributed by atoms with Crippen molar-refractivity contribution < 1.29 is 18.4 Å². The van der Waals surface area contributed by atoms with Crippen molar-refractivity contribution in [2.45, 2.75) is 156 Å². The Labute approximate surface area is 254 Å². The van der Waals surface area contributed by atoms with Crippen LogP contribution in [0.1, 0.15) is 107 Å². The van der Waals surface area contributed by atoms with Crippen molar-refractivity contribution in [2.75, 3.05) is 0 Å². The predicted molar refractivity (Wildman–Crippen MR) is 176 cm³/mol. The number of ether oxygens (including phenoxy) is 1. The summed E-state index contributed by atoms with van der Waals surface area (Å²) >= 11 is 0. The molecule has 4 aliphatic rings. The maximum absolute atomic E-state index is 11.7. The molecule has 234 valence electrons. The third kappa shape index (κ3) is 5.84. The minimum atomic E-state index is -2.03. The fourth-order valence-electron chi connectivity index (χ4n) is 8.74. The monoisotopic (exact) mass is 602 g/mol. The number of allylic oxidation sites excluding steroid dienone is 1. The van der Waals surface area contributed by atoms with E-state index in [-0.39, 0.29) is 45.0 Å². The van der Waals surface area contributed by atoms with E-state index in [1.807, 2.05) is 0 Å². The van der Waals surface area contributed by atoms with Crippen LogP contribution in [0.25, 0.3) is 0 Å². The molecular weight excluding hydrogens is 541 g/mol. The Bertz CT molecular complexity index is 1060. The van der Waals surface area contributed by atoms with Gasteiger partial charge in [0.25, 0.3) is 0 Å². The molecule has 0 bridgehead atoms. The van der Waals surface area contributed by atoms with Gasteiger partial charge in [0.2, 0.25) is 8.32 Å². The molecule has 0 spiro atoms. The van der Waals surface area contributed by atoms with Gasteiger partial charge in [0.1, 0.15) is 6.10 Å². The van der Waals surface area contributed by atoms with Crippen LogP contribution < -0.4 is 0 Å². The van der Waals surface area contributed by atoms with Crippen LogP contribution in [0.3, 0.4) is 0 Å². The lowest BCUT2D eigenvalue weighted by Gasteiger charge is -2.58. The zero-order valence-corrected chi connectivity index (χ0v) is 30.8. The first-order valence-corrected chi connectivity index (χ1v) is 22.3. The van der Waals surface area contributed by atoms with E-state index in [4.69, 9.17) is 20.2 Å². The Morgan fingerprint density at radius 3 is 2.12 bits per heavy atom. The molecule has 6 heteroatoms. The van der Waals surface area contributed by atoms with Crippen LogP contribution in [0.2, 0.25) is 36.3 Å². The van der Waals surface area contributed by atoms with Gasteiger partial charge >= 0.3 is 5.97 Å². The number of hydrogen-bond acceptors (Lipinski definition) is 4. The second-order valence-corrected chi connectivity index (χ2v) is 27.2. The van der Waals surface area contributed by atoms with Crippen LogP contribution >= 0.6 is 0 Å². The standard InChI is InChI=1S/C35H62O4Si2/c1-23(38-40(11,12)32(3,4)5)31-30(39-41(13,14)33(6,7)8)22-29-27-16-15-25-21-26(37-24(2)36)17-19-34(25,9)28(27)18-20-35(29,31)10/h15,26-31H,1,16-22H2,2-14H3/t26?,27-,28+,29+,30-,31+,34+,35+/m1/s1. The minimum absolute atomic E-state index is 0.0475. The summed E-state index contributed by atoms with van der Waals surface area (Å²) in [5.41, 5.74) is 1.89. The molecule has 4 nitrogen and oxygen atoms in total. The van der Waals surface area contributed by atoms with Crippen LogP contribution in [0.15, 0.2) is 24.0 Å². The lowest BCUT2D eigenvalue weighted by Crippen LogP contribution is -2.51. The number of fused-ring (bicyclic) bond motifs is 5. The molecule has 8 atom stereocenters. The summed E-state index contributed by atoms with van der Waals surface area (Å²) in [7, 11) is -4.02. The molecule has 3 saturated carbocycles. The van der Waals surface area contributed by atoms with Crippen LogP contribution in [0.5, 0.6) is 0 Å². The number of carbonyl (C=O) groups is 1. The van der Waals surface area contributed by atoms with Gasteiger partial charge in [-0.15, -0.1) is 0 Å². The van der Waals surface area contributed by atoms with E-state index in [0.717, 1.165) is 37.9 Å². The summed E-state index contributed by atoms with van der Waals surface area (Å²) < 4.78 is 20.1. The van der Waals surface area contributed by atoms with E-state index in [1.165, 1.54) is 12.8 Å². The largest absolute Gasteiger partial charge is 0.547 e. The van der Waals surface area contributed by atoms with E-state index in [2.05, 4.69) is 87.7 Å². The van der Waals surface area contributed by atoms with E-state index in [1.54, 1.807) is 12.5 Å². The molecule has 0 amide bonds. The van der Waals surface area contributed by atoms with Crippen molar-refractivity contribution >= 4 is 22.6 Å². The summed E-state index contributed by atoms with van der Waals surface area (Å²) in [6, 6.07) is 0. The molecule has 0 heterocycles. The Morgan fingerprint density at radius 1 is 0.951 bits per heavy atom. The summed E-state index contributed by atoms with van der Waals surface area (Å²) in [6.45, 7) is 34.9. The average molecular weight is 603 g/mol. The second kappa shape index (κ2) is 10.6. The van der Waals surface area contributed by atoms with Crippen molar-refractivity contribution in [3.05, 3.63) is 24.0 Å². The molecule has 4 rings (SSSR count). The molecule has 0 N–H and O–H groups in total. The highest BCUT2D eigenvalue weighted by atomic mass is 28.4. The van der Waals surface area contributed by atoms with Gasteiger partial charge in [-0.2, -0.15) is 0 Å². The average Bonchev–Trinajstić information content (AvgIpc) is 3.08. The molecule has 3 fully saturated rings. The van der Waals surface area contributed by atoms with Gasteiger partial charge in [-0.1, -0.05) is 73.6 Å². The molecule has 1 unspecified atom stereocenters. The van der Waals surface area contributed by atoms with Gasteiger partial charge < -0.3 is 13.6 Å². The molecule has 4 aliphatic carbocycles. The summed E-state index contributed by atoms with van der Waals surface area (Å²) in [6.07, 6.45) is 10.5. The lowest BCUT2D eigenvalue weighted by molar-refractivity contribution is -0.148. The Kier molecular flexibility index (Phi) is 8.58. The maximum atomic E-state index is 11.7. The van der Waals surface area contributed by atoms with E-state index in [0.29, 0.717) is 17.8 Å².